The van der Waals surface area contributed by atoms with Gasteiger partial charge in [0.05, 0.1) is 37.6 Å². The molecule has 1 N–H and O–H groups in total. The summed E-state index contributed by atoms with van der Waals surface area (Å²) in [5.41, 5.74) is 4.53. The smallest absolute Gasteiger partial charge is 0.275 e. The Morgan fingerprint density at radius 1 is 1.19 bits per heavy atom. The van der Waals surface area contributed by atoms with Crippen LogP contribution in [0.25, 0.3) is 0 Å². The molecular weight excluding hydrogens is 356 g/mol. The van der Waals surface area contributed by atoms with Crippen LogP contribution in [-0.2, 0) is 0 Å². The monoisotopic (exact) mass is 376 g/mol. The first kappa shape index (κ1) is 19.6. The third kappa shape index (κ3) is 4.67. The van der Waals surface area contributed by atoms with Crippen LogP contribution in [0, 0.1) is 6.92 Å². The molecular formula is C19H21ClN2O4. The predicted molar refractivity (Wildman–Crippen MR) is 102 cm³/mol. The number of nitrogens with zero attached hydrogens (tertiary/aromatic N) is 1. The molecule has 2 aromatic carbocycles. The number of amides is 1. The number of hydrogen-bond donors (Lipinski definition) is 1. The average molecular weight is 377 g/mol. The number of carbonyl (C=O) groups is 1. The number of nitrogens with one attached hydrogen (secondary N) is 1. The summed E-state index contributed by atoms with van der Waals surface area (Å²) in [6.45, 7) is 4.25. The van der Waals surface area contributed by atoms with E-state index in [9.17, 15) is 4.79 Å². The van der Waals surface area contributed by atoms with Gasteiger partial charge in [0.1, 0.15) is 5.75 Å². The van der Waals surface area contributed by atoms with Crippen LogP contribution in [0.15, 0.2) is 35.4 Å². The largest absolute Gasteiger partial charge is 0.496 e. The first-order valence-electron chi connectivity index (χ1n) is 7.98. The van der Waals surface area contributed by atoms with E-state index in [4.69, 9.17) is 25.8 Å². The van der Waals surface area contributed by atoms with E-state index in [0.29, 0.717) is 40.0 Å². The van der Waals surface area contributed by atoms with Crippen LogP contribution in [0.2, 0.25) is 5.02 Å². The zero-order valence-corrected chi connectivity index (χ0v) is 15.9. The molecule has 0 spiro atoms. The maximum atomic E-state index is 12.3. The normalized spacial score (nSPS) is 10.7. The first-order chi connectivity index (χ1) is 12.5. The van der Waals surface area contributed by atoms with Crippen LogP contribution >= 0.6 is 11.6 Å². The molecule has 0 fully saturated rings. The van der Waals surface area contributed by atoms with Crippen molar-refractivity contribution in [2.75, 3.05) is 20.8 Å². The van der Waals surface area contributed by atoms with E-state index in [0.717, 1.165) is 5.56 Å². The molecule has 0 atom stereocenters. The van der Waals surface area contributed by atoms with Crippen LogP contribution in [0.3, 0.4) is 0 Å². The zero-order chi connectivity index (χ0) is 19.1. The summed E-state index contributed by atoms with van der Waals surface area (Å²) >= 11 is 6.21. The van der Waals surface area contributed by atoms with Gasteiger partial charge in [0.15, 0.2) is 11.5 Å². The summed E-state index contributed by atoms with van der Waals surface area (Å²) in [5.74, 6) is 1.08. The molecule has 6 nitrogen and oxygen atoms in total. The molecule has 0 aliphatic heterocycles. The SMILES string of the molecule is CCOc1c(Cl)cc(C=NNC(=O)c2ccc(C)cc2OC)cc1OC. The third-order valence-electron chi connectivity index (χ3n) is 3.52. The van der Waals surface area contributed by atoms with Gasteiger partial charge in [-0.15, -0.1) is 0 Å². The Kier molecular flexibility index (Phi) is 6.86. The van der Waals surface area contributed by atoms with Crippen molar-refractivity contribution in [3.63, 3.8) is 0 Å². The van der Waals surface area contributed by atoms with E-state index in [1.54, 1.807) is 24.3 Å². The fourth-order valence-corrected chi connectivity index (χ4v) is 2.58. The second-order valence-corrected chi connectivity index (χ2v) is 5.78. The van der Waals surface area contributed by atoms with E-state index in [-0.39, 0.29) is 5.91 Å². The number of halogens is 1. The molecule has 0 unspecified atom stereocenters. The highest BCUT2D eigenvalue weighted by Crippen LogP contribution is 2.35. The molecule has 2 rings (SSSR count). The highest BCUT2D eigenvalue weighted by Gasteiger charge is 2.12. The van der Waals surface area contributed by atoms with Crippen molar-refractivity contribution >= 4 is 23.7 Å². The molecule has 2 aromatic rings. The topological polar surface area (TPSA) is 69.2 Å². The van der Waals surface area contributed by atoms with Crippen LogP contribution in [0.5, 0.6) is 17.2 Å². The van der Waals surface area contributed by atoms with Crippen molar-refractivity contribution in [1.82, 2.24) is 5.43 Å². The number of methoxy groups -OCH3 is 2. The van der Waals surface area contributed by atoms with Crippen LogP contribution in [0.4, 0.5) is 0 Å². The minimum atomic E-state index is -0.373. The quantitative estimate of drug-likeness (QED) is 0.589. The Balaban J connectivity index is 2.15. The number of carbonyl (C=O) groups excluding carboxylic acids is 1. The minimum Gasteiger partial charge on any atom is -0.496 e. The number of benzene rings is 2. The van der Waals surface area contributed by atoms with E-state index in [1.807, 2.05) is 19.9 Å². The lowest BCUT2D eigenvalue weighted by Crippen LogP contribution is -2.18. The van der Waals surface area contributed by atoms with E-state index in [1.165, 1.54) is 20.4 Å². The summed E-state index contributed by atoms with van der Waals surface area (Å²) in [6.07, 6.45) is 1.47. The Morgan fingerprint density at radius 2 is 1.92 bits per heavy atom. The summed E-state index contributed by atoms with van der Waals surface area (Å²) in [7, 11) is 3.05. The van der Waals surface area contributed by atoms with Crippen LogP contribution < -0.4 is 19.6 Å². The molecule has 1 amide bonds. The van der Waals surface area contributed by atoms with Crippen molar-refractivity contribution < 1.29 is 19.0 Å². The molecule has 0 saturated carbocycles. The number of rotatable bonds is 7. The van der Waals surface area contributed by atoms with Gasteiger partial charge in [-0.2, -0.15) is 5.10 Å². The summed E-state index contributed by atoms with van der Waals surface area (Å²) in [5, 5.41) is 4.37. The number of hydrogen-bond acceptors (Lipinski definition) is 5. The lowest BCUT2D eigenvalue weighted by Gasteiger charge is -2.11. The number of aryl methyl sites for hydroxylation is 1. The second kappa shape index (κ2) is 9.10. The predicted octanol–water partition coefficient (Wildman–Crippen LogP) is 3.83. The minimum absolute atomic E-state index is 0.373. The Bertz CT molecular complexity index is 821. The van der Waals surface area contributed by atoms with Gasteiger partial charge in [-0.05, 0) is 49.2 Å². The van der Waals surface area contributed by atoms with Gasteiger partial charge in [0.2, 0.25) is 0 Å². The van der Waals surface area contributed by atoms with E-state index >= 15 is 0 Å². The van der Waals surface area contributed by atoms with Gasteiger partial charge < -0.3 is 14.2 Å². The molecule has 26 heavy (non-hydrogen) atoms. The molecule has 7 heteroatoms. The first-order valence-corrected chi connectivity index (χ1v) is 8.36. The van der Waals surface area contributed by atoms with Crippen LogP contribution in [-0.4, -0.2) is 32.9 Å². The van der Waals surface area contributed by atoms with Gasteiger partial charge in [0.25, 0.3) is 5.91 Å². The van der Waals surface area contributed by atoms with Gasteiger partial charge in [-0.1, -0.05) is 17.7 Å². The second-order valence-electron chi connectivity index (χ2n) is 5.37. The van der Waals surface area contributed by atoms with Crippen molar-refractivity contribution in [2.24, 2.45) is 5.10 Å². The lowest BCUT2D eigenvalue weighted by molar-refractivity contribution is 0.0952. The number of hydrazone groups is 1. The maximum absolute atomic E-state index is 12.3. The van der Waals surface area contributed by atoms with Crippen LogP contribution in [0.1, 0.15) is 28.4 Å². The maximum Gasteiger partial charge on any atom is 0.275 e. The molecule has 0 aromatic heterocycles. The Labute approximate surface area is 157 Å². The summed E-state index contributed by atoms with van der Waals surface area (Å²) in [4.78, 5) is 12.3. The molecule has 138 valence electrons. The third-order valence-corrected chi connectivity index (χ3v) is 3.80. The molecule has 0 radical (unpaired) electrons. The van der Waals surface area contributed by atoms with E-state index in [2.05, 4.69) is 10.5 Å². The van der Waals surface area contributed by atoms with Crippen molar-refractivity contribution in [3.05, 3.63) is 52.0 Å². The summed E-state index contributed by atoms with van der Waals surface area (Å²) < 4.78 is 16.0. The highest BCUT2D eigenvalue weighted by molar-refractivity contribution is 6.32. The summed E-state index contributed by atoms with van der Waals surface area (Å²) in [6, 6.07) is 8.71. The molecule has 0 saturated heterocycles. The zero-order valence-electron chi connectivity index (χ0n) is 15.1. The Morgan fingerprint density at radius 3 is 2.58 bits per heavy atom. The lowest BCUT2D eigenvalue weighted by atomic mass is 10.1. The van der Waals surface area contributed by atoms with Crippen molar-refractivity contribution in [1.29, 1.82) is 0 Å². The fourth-order valence-electron chi connectivity index (χ4n) is 2.31. The standard InChI is InChI=1S/C19H21ClN2O4/c1-5-26-18-15(20)9-13(10-17(18)25-4)11-21-22-19(23)14-7-6-12(2)8-16(14)24-3/h6-11H,5H2,1-4H3,(H,22,23). The molecule has 0 aliphatic carbocycles. The average Bonchev–Trinajstić information content (AvgIpc) is 2.63. The molecule has 0 bridgehead atoms. The Hall–Kier alpha value is -2.73. The van der Waals surface area contributed by atoms with Gasteiger partial charge >= 0.3 is 0 Å². The number of ether oxygens (including phenoxy) is 3. The molecule has 0 heterocycles. The van der Waals surface area contributed by atoms with Gasteiger partial charge in [0, 0.05) is 0 Å². The van der Waals surface area contributed by atoms with Gasteiger partial charge in [-0.25, -0.2) is 5.43 Å². The molecule has 0 aliphatic rings. The fraction of sp³-hybridized carbons (Fsp3) is 0.263. The van der Waals surface area contributed by atoms with Gasteiger partial charge in [-0.3, -0.25) is 4.79 Å². The van der Waals surface area contributed by atoms with E-state index < -0.39 is 0 Å². The van der Waals surface area contributed by atoms with Crippen molar-refractivity contribution in [2.45, 2.75) is 13.8 Å². The van der Waals surface area contributed by atoms with Crippen molar-refractivity contribution in [3.8, 4) is 17.2 Å². The highest BCUT2D eigenvalue weighted by atomic mass is 35.5.